The molecule has 16 heavy (non-hydrogen) atoms. The molecule has 0 amide bonds. The first-order valence-corrected chi connectivity index (χ1v) is 6.20. The fourth-order valence-corrected chi connectivity index (χ4v) is 2.27. The first-order valence-electron chi connectivity index (χ1n) is 5.41. The van der Waals surface area contributed by atoms with Crippen molar-refractivity contribution in [1.82, 2.24) is 5.32 Å². The van der Waals surface area contributed by atoms with E-state index in [1.807, 2.05) is 12.1 Å². The van der Waals surface area contributed by atoms with Gasteiger partial charge in [0.15, 0.2) is 0 Å². The predicted octanol–water partition coefficient (Wildman–Crippen LogP) is 3.35. The van der Waals surface area contributed by atoms with Crippen molar-refractivity contribution in [3.05, 3.63) is 46.1 Å². The average molecular weight is 278 g/mol. The molecular formula is C13H12BrNO. The van der Waals surface area contributed by atoms with Gasteiger partial charge in [0, 0.05) is 35.1 Å². The summed E-state index contributed by atoms with van der Waals surface area (Å²) in [4.78, 5) is 0. The van der Waals surface area contributed by atoms with Crippen molar-refractivity contribution in [1.29, 1.82) is 0 Å². The van der Waals surface area contributed by atoms with Gasteiger partial charge >= 0.3 is 0 Å². The summed E-state index contributed by atoms with van der Waals surface area (Å²) in [6.45, 7) is 1.94. The molecule has 0 aliphatic carbocycles. The molecule has 1 aliphatic heterocycles. The number of fused-ring (bicyclic) bond motifs is 1. The van der Waals surface area contributed by atoms with Gasteiger partial charge in [0.05, 0.1) is 0 Å². The first kappa shape index (κ1) is 10.1. The highest BCUT2D eigenvalue weighted by Gasteiger charge is 2.15. The molecule has 0 saturated heterocycles. The van der Waals surface area contributed by atoms with E-state index in [2.05, 4.69) is 39.4 Å². The third-order valence-corrected chi connectivity index (χ3v) is 3.40. The summed E-state index contributed by atoms with van der Waals surface area (Å²) in [5, 5.41) is 3.35. The van der Waals surface area contributed by atoms with Gasteiger partial charge in [-0.15, -0.1) is 0 Å². The van der Waals surface area contributed by atoms with Crippen LogP contribution < -0.4 is 5.32 Å². The molecule has 0 unspecified atom stereocenters. The van der Waals surface area contributed by atoms with E-state index in [1.54, 1.807) is 0 Å². The summed E-state index contributed by atoms with van der Waals surface area (Å²) in [6.07, 6.45) is 0.992. The van der Waals surface area contributed by atoms with Crippen LogP contribution in [0.5, 0.6) is 0 Å². The SMILES string of the molecule is Brc1ccc(-c2cc3c(o2)CCNC3)cc1. The van der Waals surface area contributed by atoms with Crippen LogP contribution in [0.2, 0.25) is 0 Å². The first-order chi connectivity index (χ1) is 7.83. The van der Waals surface area contributed by atoms with Gasteiger partial charge in [-0.25, -0.2) is 0 Å². The zero-order chi connectivity index (χ0) is 11.0. The maximum atomic E-state index is 5.88. The Hall–Kier alpha value is -1.06. The monoisotopic (exact) mass is 277 g/mol. The van der Waals surface area contributed by atoms with Gasteiger partial charge < -0.3 is 9.73 Å². The van der Waals surface area contributed by atoms with Crippen LogP contribution in [0, 0.1) is 0 Å². The molecule has 2 nitrogen and oxygen atoms in total. The lowest BCUT2D eigenvalue weighted by Gasteiger charge is -2.09. The van der Waals surface area contributed by atoms with Gasteiger partial charge in [-0.1, -0.05) is 28.1 Å². The van der Waals surface area contributed by atoms with Crippen molar-refractivity contribution >= 4 is 15.9 Å². The van der Waals surface area contributed by atoms with Crippen LogP contribution in [0.4, 0.5) is 0 Å². The van der Waals surface area contributed by atoms with Crippen LogP contribution in [-0.2, 0) is 13.0 Å². The highest BCUT2D eigenvalue weighted by Crippen LogP contribution is 2.28. The number of benzene rings is 1. The average Bonchev–Trinajstić information content (AvgIpc) is 2.73. The topological polar surface area (TPSA) is 25.2 Å². The fourth-order valence-electron chi connectivity index (χ4n) is 2.01. The van der Waals surface area contributed by atoms with Gasteiger partial charge in [0.1, 0.15) is 11.5 Å². The van der Waals surface area contributed by atoms with Crippen molar-refractivity contribution in [2.75, 3.05) is 6.54 Å². The minimum atomic E-state index is 0.926. The molecule has 0 saturated carbocycles. The number of rotatable bonds is 1. The van der Waals surface area contributed by atoms with E-state index in [9.17, 15) is 0 Å². The molecule has 3 heteroatoms. The number of hydrogen-bond acceptors (Lipinski definition) is 2. The maximum Gasteiger partial charge on any atom is 0.134 e. The van der Waals surface area contributed by atoms with E-state index in [4.69, 9.17) is 4.42 Å². The van der Waals surface area contributed by atoms with Crippen molar-refractivity contribution in [3.8, 4) is 11.3 Å². The third-order valence-electron chi connectivity index (χ3n) is 2.87. The number of furan rings is 1. The second-order valence-corrected chi connectivity index (χ2v) is 4.91. The molecule has 2 aromatic rings. The molecule has 1 aliphatic rings. The lowest BCUT2D eigenvalue weighted by atomic mass is 10.1. The smallest absolute Gasteiger partial charge is 0.134 e. The van der Waals surface area contributed by atoms with Crippen LogP contribution >= 0.6 is 15.9 Å². The van der Waals surface area contributed by atoms with Crippen LogP contribution in [-0.4, -0.2) is 6.54 Å². The molecule has 1 aromatic carbocycles. The predicted molar refractivity (Wildman–Crippen MR) is 67.3 cm³/mol. The Morgan fingerprint density at radius 3 is 2.75 bits per heavy atom. The maximum absolute atomic E-state index is 5.88. The minimum Gasteiger partial charge on any atom is -0.461 e. The lowest BCUT2D eigenvalue weighted by molar-refractivity contribution is 0.484. The molecule has 0 bridgehead atoms. The van der Waals surface area contributed by atoms with E-state index in [0.717, 1.165) is 41.1 Å². The standard InChI is InChI=1S/C13H12BrNO/c14-11-3-1-9(2-4-11)13-7-10-8-15-6-5-12(10)16-13/h1-4,7,15H,5-6,8H2. The van der Waals surface area contributed by atoms with Crippen molar-refractivity contribution < 1.29 is 4.42 Å². The Labute approximate surface area is 103 Å². The molecule has 0 radical (unpaired) electrons. The summed E-state index contributed by atoms with van der Waals surface area (Å²) >= 11 is 3.43. The molecule has 2 heterocycles. The highest BCUT2D eigenvalue weighted by molar-refractivity contribution is 9.10. The Bertz CT molecular complexity index is 478. The summed E-state index contributed by atoms with van der Waals surface area (Å²) < 4.78 is 6.97. The van der Waals surface area contributed by atoms with Gasteiger partial charge in [-0.2, -0.15) is 0 Å². The highest BCUT2D eigenvalue weighted by atomic mass is 79.9. The van der Waals surface area contributed by atoms with Gasteiger partial charge in [-0.3, -0.25) is 0 Å². The number of nitrogens with one attached hydrogen (secondary N) is 1. The summed E-state index contributed by atoms with van der Waals surface area (Å²) in [5.41, 5.74) is 2.43. The zero-order valence-electron chi connectivity index (χ0n) is 8.79. The van der Waals surface area contributed by atoms with E-state index >= 15 is 0 Å². The summed E-state index contributed by atoms with van der Waals surface area (Å²) in [6, 6.07) is 10.4. The number of hydrogen-bond donors (Lipinski definition) is 1. The second-order valence-electron chi connectivity index (χ2n) is 3.99. The van der Waals surface area contributed by atoms with E-state index in [-0.39, 0.29) is 0 Å². The molecular weight excluding hydrogens is 266 g/mol. The molecule has 0 atom stereocenters. The Morgan fingerprint density at radius 2 is 2.00 bits per heavy atom. The molecule has 82 valence electrons. The minimum absolute atomic E-state index is 0.926. The van der Waals surface area contributed by atoms with Crippen molar-refractivity contribution in [2.24, 2.45) is 0 Å². The zero-order valence-corrected chi connectivity index (χ0v) is 10.4. The molecule has 1 N–H and O–H groups in total. The normalized spacial score (nSPS) is 14.8. The fraction of sp³-hybridized carbons (Fsp3) is 0.231. The second kappa shape index (κ2) is 4.07. The summed E-state index contributed by atoms with van der Waals surface area (Å²) in [7, 11) is 0. The van der Waals surface area contributed by atoms with Gasteiger partial charge in [0.25, 0.3) is 0 Å². The van der Waals surface area contributed by atoms with Crippen molar-refractivity contribution in [2.45, 2.75) is 13.0 Å². The van der Waals surface area contributed by atoms with E-state index < -0.39 is 0 Å². The Morgan fingerprint density at radius 1 is 1.19 bits per heavy atom. The van der Waals surface area contributed by atoms with E-state index in [0.29, 0.717) is 0 Å². The van der Waals surface area contributed by atoms with Crippen LogP contribution in [0.25, 0.3) is 11.3 Å². The van der Waals surface area contributed by atoms with Crippen LogP contribution in [0.1, 0.15) is 11.3 Å². The third kappa shape index (κ3) is 1.81. The molecule has 1 aromatic heterocycles. The quantitative estimate of drug-likeness (QED) is 0.865. The van der Waals surface area contributed by atoms with E-state index in [1.165, 1.54) is 5.56 Å². The Kier molecular flexibility index (Phi) is 2.58. The largest absolute Gasteiger partial charge is 0.461 e. The van der Waals surface area contributed by atoms with Crippen LogP contribution in [0.15, 0.2) is 39.2 Å². The van der Waals surface area contributed by atoms with Gasteiger partial charge in [0.2, 0.25) is 0 Å². The molecule has 0 spiro atoms. The summed E-state index contributed by atoms with van der Waals surface area (Å²) in [5.74, 6) is 2.11. The lowest BCUT2D eigenvalue weighted by Crippen LogP contribution is -2.22. The van der Waals surface area contributed by atoms with Crippen molar-refractivity contribution in [3.63, 3.8) is 0 Å². The van der Waals surface area contributed by atoms with Gasteiger partial charge in [-0.05, 0) is 18.2 Å². The molecule has 3 rings (SSSR count). The Balaban J connectivity index is 2.00. The number of halogens is 1. The molecule has 0 fully saturated rings. The van der Waals surface area contributed by atoms with Crippen LogP contribution in [0.3, 0.4) is 0 Å².